The van der Waals surface area contributed by atoms with Crippen molar-refractivity contribution in [3.63, 3.8) is 0 Å². The van der Waals surface area contributed by atoms with Crippen LogP contribution in [0.4, 0.5) is 0 Å². The number of pyridine rings is 1. The van der Waals surface area contributed by atoms with E-state index >= 15 is 0 Å². The van der Waals surface area contributed by atoms with Gasteiger partial charge < -0.3 is 14.7 Å². The number of aromatic nitrogens is 1. The molecule has 0 aromatic carbocycles. The fourth-order valence-electron chi connectivity index (χ4n) is 2.06. The van der Waals surface area contributed by atoms with Crippen molar-refractivity contribution < 1.29 is 14.6 Å². The van der Waals surface area contributed by atoms with Crippen LogP contribution < -0.4 is 0 Å². The number of hydrogen-bond acceptors (Lipinski definition) is 4. The van der Waals surface area contributed by atoms with Gasteiger partial charge in [0.1, 0.15) is 5.15 Å². The smallest absolute Gasteiger partial charge is 0.255 e. The van der Waals surface area contributed by atoms with E-state index < -0.39 is 0 Å². The van der Waals surface area contributed by atoms with Gasteiger partial charge in [0, 0.05) is 19.3 Å². The number of carbonyl (C=O) groups is 1. The van der Waals surface area contributed by atoms with Crippen LogP contribution in [0.3, 0.4) is 0 Å². The van der Waals surface area contributed by atoms with E-state index in [2.05, 4.69) is 4.98 Å². The number of rotatable bonds is 2. The molecule has 19 heavy (non-hydrogen) atoms. The Morgan fingerprint density at radius 1 is 1.58 bits per heavy atom. The maximum Gasteiger partial charge on any atom is 0.255 e. The van der Waals surface area contributed by atoms with Gasteiger partial charge in [-0.05, 0) is 13.0 Å². The van der Waals surface area contributed by atoms with Crippen LogP contribution in [-0.2, 0) is 4.74 Å². The van der Waals surface area contributed by atoms with Gasteiger partial charge in [0.05, 0.1) is 29.4 Å². The molecule has 1 aliphatic rings. The van der Waals surface area contributed by atoms with Crippen LogP contribution in [0.15, 0.2) is 12.3 Å². The molecule has 0 spiro atoms. The monoisotopic (exact) mass is 304 g/mol. The third-order valence-corrected chi connectivity index (χ3v) is 3.38. The van der Waals surface area contributed by atoms with Crippen molar-refractivity contribution in [1.82, 2.24) is 9.88 Å². The van der Waals surface area contributed by atoms with Crippen LogP contribution in [0, 0.1) is 0 Å². The van der Waals surface area contributed by atoms with E-state index in [0.29, 0.717) is 18.7 Å². The summed E-state index contributed by atoms with van der Waals surface area (Å²) in [4.78, 5) is 17.8. The summed E-state index contributed by atoms with van der Waals surface area (Å²) in [5.41, 5.74) is 0.312. The van der Waals surface area contributed by atoms with Crippen LogP contribution in [0.1, 0.15) is 17.3 Å². The first kappa shape index (κ1) is 14.5. The van der Waals surface area contributed by atoms with Gasteiger partial charge in [-0.3, -0.25) is 4.79 Å². The van der Waals surface area contributed by atoms with Gasteiger partial charge in [-0.15, -0.1) is 0 Å². The molecule has 2 atom stereocenters. The Morgan fingerprint density at radius 3 is 3.00 bits per heavy atom. The fraction of sp³-hybridized carbons (Fsp3) is 0.500. The van der Waals surface area contributed by atoms with Gasteiger partial charge in [-0.2, -0.15) is 0 Å². The van der Waals surface area contributed by atoms with Gasteiger partial charge in [0.15, 0.2) is 0 Å². The summed E-state index contributed by atoms with van der Waals surface area (Å²) in [5, 5.41) is 9.63. The Bertz CT molecular complexity index is 484. The van der Waals surface area contributed by atoms with Crippen LogP contribution in [-0.4, -0.2) is 52.8 Å². The van der Waals surface area contributed by atoms with Crippen molar-refractivity contribution in [2.45, 2.75) is 19.1 Å². The van der Waals surface area contributed by atoms with E-state index in [1.54, 1.807) is 4.90 Å². The number of hydrogen-bond donors (Lipinski definition) is 1. The zero-order valence-corrected chi connectivity index (χ0v) is 11.9. The number of morpholine rings is 1. The van der Waals surface area contributed by atoms with Crippen molar-refractivity contribution in [1.29, 1.82) is 0 Å². The second kappa shape index (κ2) is 6.05. The topological polar surface area (TPSA) is 62.7 Å². The molecule has 2 unspecified atom stereocenters. The summed E-state index contributed by atoms with van der Waals surface area (Å²) in [5.74, 6) is -0.233. The minimum absolute atomic E-state index is 0.126. The summed E-state index contributed by atoms with van der Waals surface area (Å²) >= 11 is 11.7. The summed E-state index contributed by atoms with van der Waals surface area (Å²) in [6, 6.07) is 1.44. The Morgan fingerprint density at radius 2 is 2.32 bits per heavy atom. The Balaban J connectivity index is 2.21. The van der Waals surface area contributed by atoms with Crippen LogP contribution in [0.25, 0.3) is 0 Å². The minimum Gasteiger partial charge on any atom is -0.394 e. The minimum atomic E-state index is -0.371. The van der Waals surface area contributed by atoms with E-state index in [4.69, 9.17) is 33.0 Å². The highest BCUT2D eigenvalue weighted by Gasteiger charge is 2.29. The maximum atomic E-state index is 12.4. The van der Waals surface area contributed by atoms with Crippen LogP contribution in [0.5, 0.6) is 0 Å². The lowest BCUT2D eigenvalue weighted by molar-refractivity contribution is -0.0858. The molecule has 1 fully saturated rings. The number of ether oxygens (including phenoxy) is 1. The summed E-state index contributed by atoms with van der Waals surface area (Å²) in [6.07, 6.45) is 0.847. The maximum absolute atomic E-state index is 12.4. The van der Waals surface area contributed by atoms with Gasteiger partial charge in [-0.1, -0.05) is 23.2 Å². The van der Waals surface area contributed by atoms with Crippen molar-refractivity contribution >= 4 is 29.1 Å². The second-order valence-electron chi connectivity index (χ2n) is 4.45. The summed E-state index contributed by atoms with van der Waals surface area (Å²) < 4.78 is 5.49. The third kappa shape index (κ3) is 3.36. The number of amides is 1. The van der Waals surface area contributed by atoms with Crippen molar-refractivity contribution in [3.8, 4) is 0 Å². The van der Waals surface area contributed by atoms with E-state index in [1.165, 1.54) is 12.3 Å². The average molecular weight is 305 g/mol. The molecular formula is C12H14Cl2N2O3. The average Bonchev–Trinajstić information content (AvgIpc) is 2.40. The molecule has 1 N–H and O–H groups in total. The largest absolute Gasteiger partial charge is 0.394 e. The van der Waals surface area contributed by atoms with Gasteiger partial charge in [0.2, 0.25) is 0 Å². The molecule has 1 aromatic heterocycles. The van der Waals surface area contributed by atoms with Gasteiger partial charge in [-0.25, -0.2) is 4.98 Å². The quantitative estimate of drug-likeness (QED) is 0.843. The Labute approximate surface area is 121 Å². The molecule has 1 aromatic rings. The highest BCUT2D eigenvalue weighted by molar-refractivity contribution is 6.35. The lowest BCUT2D eigenvalue weighted by Gasteiger charge is -2.36. The molecule has 0 saturated carbocycles. The normalized spacial score (nSPS) is 23.5. The molecule has 0 bridgehead atoms. The first-order chi connectivity index (χ1) is 9.01. The van der Waals surface area contributed by atoms with E-state index in [0.717, 1.165) is 0 Å². The van der Waals surface area contributed by atoms with E-state index in [-0.39, 0.29) is 34.9 Å². The standard InChI is InChI=1S/C12H14Cl2N2O3/c1-7-4-16(5-8(6-17)19-7)12(18)9-2-11(14)15-3-10(9)13/h2-3,7-8,17H,4-6H2,1H3. The Hall–Kier alpha value is -0.880. The van der Waals surface area contributed by atoms with Gasteiger partial charge in [0.25, 0.3) is 5.91 Å². The van der Waals surface area contributed by atoms with Crippen molar-refractivity contribution in [2.24, 2.45) is 0 Å². The number of nitrogens with zero attached hydrogens (tertiary/aromatic N) is 2. The predicted octanol–water partition coefficient (Wildman–Crippen LogP) is 1.61. The zero-order valence-electron chi connectivity index (χ0n) is 10.3. The number of aliphatic hydroxyl groups is 1. The number of aliphatic hydroxyl groups excluding tert-OH is 1. The van der Waals surface area contributed by atoms with E-state index in [9.17, 15) is 4.79 Å². The molecule has 0 aliphatic carbocycles. The Kier molecular flexibility index (Phi) is 4.62. The molecule has 1 saturated heterocycles. The van der Waals surface area contributed by atoms with Crippen molar-refractivity contribution in [3.05, 3.63) is 28.0 Å². The fourth-order valence-corrected chi connectivity index (χ4v) is 2.40. The third-order valence-electron chi connectivity index (χ3n) is 2.87. The first-order valence-electron chi connectivity index (χ1n) is 5.88. The molecule has 5 nitrogen and oxygen atoms in total. The molecular weight excluding hydrogens is 291 g/mol. The molecule has 1 aliphatic heterocycles. The zero-order chi connectivity index (χ0) is 14.0. The van der Waals surface area contributed by atoms with Crippen LogP contribution in [0.2, 0.25) is 10.2 Å². The molecule has 104 valence electrons. The molecule has 2 rings (SSSR count). The summed E-state index contributed by atoms with van der Waals surface area (Å²) in [6.45, 7) is 2.50. The second-order valence-corrected chi connectivity index (χ2v) is 5.24. The van der Waals surface area contributed by atoms with Gasteiger partial charge >= 0.3 is 0 Å². The highest BCUT2D eigenvalue weighted by atomic mass is 35.5. The lowest BCUT2D eigenvalue weighted by atomic mass is 10.1. The lowest BCUT2D eigenvalue weighted by Crippen LogP contribution is -2.50. The number of halogens is 2. The highest BCUT2D eigenvalue weighted by Crippen LogP contribution is 2.22. The summed E-state index contributed by atoms with van der Waals surface area (Å²) in [7, 11) is 0. The first-order valence-corrected chi connectivity index (χ1v) is 6.63. The molecule has 2 heterocycles. The van der Waals surface area contributed by atoms with Crippen LogP contribution >= 0.6 is 23.2 Å². The SMILES string of the molecule is CC1CN(C(=O)c2cc(Cl)ncc2Cl)CC(CO)O1. The van der Waals surface area contributed by atoms with E-state index in [1.807, 2.05) is 6.92 Å². The van der Waals surface area contributed by atoms with Crippen molar-refractivity contribution in [2.75, 3.05) is 19.7 Å². The number of carbonyl (C=O) groups excluding carboxylic acids is 1. The molecule has 7 heteroatoms. The molecule has 1 amide bonds. The predicted molar refractivity (Wildman–Crippen MR) is 71.6 cm³/mol. The molecule has 0 radical (unpaired) electrons.